The highest BCUT2D eigenvalue weighted by atomic mass is 28.3. The molecule has 0 aromatic heterocycles. The largest absolute Gasteiger partial charge is 0.465 e. The molecule has 2 nitrogen and oxygen atoms in total. The molecule has 172 valence electrons. The summed E-state index contributed by atoms with van der Waals surface area (Å²) >= 11 is 0. The molecule has 0 aliphatic rings. The number of carbonyl (C=O) groups is 1. The molecule has 0 atom stereocenters. The molecule has 0 N–H and O–H groups in total. The Bertz CT molecular complexity index is 1180. The number of benzene rings is 3. The van der Waals surface area contributed by atoms with Gasteiger partial charge in [-0.2, -0.15) is 0 Å². The Morgan fingerprint density at radius 1 is 0.697 bits per heavy atom. The van der Waals surface area contributed by atoms with Crippen molar-refractivity contribution in [1.82, 2.24) is 0 Å². The Morgan fingerprint density at radius 3 is 1.82 bits per heavy atom. The van der Waals surface area contributed by atoms with Gasteiger partial charge in [0, 0.05) is 0 Å². The topological polar surface area (TPSA) is 26.3 Å². The zero-order chi connectivity index (χ0) is 24.4. The van der Waals surface area contributed by atoms with Gasteiger partial charge in [-0.05, 0) is 46.0 Å². The van der Waals surface area contributed by atoms with E-state index in [0.717, 1.165) is 11.1 Å². The van der Waals surface area contributed by atoms with Crippen LogP contribution in [-0.2, 0) is 4.74 Å². The van der Waals surface area contributed by atoms with E-state index in [1.165, 1.54) is 34.2 Å². The summed E-state index contributed by atoms with van der Waals surface area (Å²) in [5.41, 5.74) is 6.53. The van der Waals surface area contributed by atoms with Gasteiger partial charge in [-0.15, -0.1) is 0 Å². The highest BCUT2D eigenvalue weighted by molar-refractivity contribution is 6.95. The molecule has 3 aromatic rings. The summed E-state index contributed by atoms with van der Waals surface area (Å²) in [5.74, 6) is -0.290. The van der Waals surface area contributed by atoms with E-state index in [9.17, 15) is 4.79 Å². The maximum absolute atomic E-state index is 12.6. The van der Waals surface area contributed by atoms with Crippen LogP contribution >= 0.6 is 0 Å². The lowest BCUT2D eigenvalue weighted by Gasteiger charge is -2.30. The van der Waals surface area contributed by atoms with Crippen LogP contribution in [0.25, 0.3) is 10.8 Å². The minimum Gasteiger partial charge on any atom is -0.465 e. The first-order chi connectivity index (χ1) is 15.5. The van der Waals surface area contributed by atoms with Crippen LogP contribution in [0.4, 0.5) is 0 Å². The number of carbonyl (C=O) groups excluding carboxylic acids is 1. The van der Waals surface area contributed by atoms with Gasteiger partial charge in [0.15, 0.2) is 0 Å². The fourth-order valence-electron chi connectivity index (χ4n) is 4.56. The van der Waals surface area contributed by atoms with Gasteiger partial charge in [-0.3, -0.25) is 0 Å². The Hall–Kier alpha value is -2.70. The van der Waals surface area contributed by atoms with Gasteiger partial charge in [-0.1, -0.05) is 111 Å². The standard InChI is InChI=1S/C29H36O2Si2/c1-21-23(18-14-19-24(21)29(30)31-2)27(25-17-12-13-20-26(25)32(3,4)5)28(33(6,7)8)22-15-10-9-11-16-22/h9-20H,1-8H3/b28-27-. The van der Waals surface area contributed by atoms with Crippen LogP contribution in [0.2, 0.25) is 39.3 Å². The third-order valence-corrected chi connectivity index (χ3v) is 10.2. The highest BCUT2D eigenvalue weighted by Crippen LogP contribution is 2.39. The summed E-state index contributed by atoms with van der Waals surface area (Å²) < 4.78 is 5.11. The second-order valence-corrected chi connectivity index (χ2v) is 20.7. The van der Waals surface area contributed by atoms with Gasteiger partial charge >= 0.3 is 5.97 Å². The van der Waals surface area contributed by atoms with Gasteiger partial charge in [0.2, 0.25) is 0 Å². The predicted octanol–water partition coefficient (Wildman–Crippen LogP) is 7.16. The van der Waals surface area contributed by atoms with Crippen LogP contribution in [0.15, 0.2) is 72.8 Å². The van der Waals surface area contributed by atoms with Gasteiger partial charge in [0.05, 0.1) is 28.8 Å². The lowest BCUT2D eigenvalue weighted by molar-refractivity contribution is 0.0600. The van der Waals surface area contributed by atoms with Gasteiger partial charge in [0.25, 0.3) is 0 Å². The summed E-state index contributed by atoms with van der Waals surface area (Å²) in [5, 5.41) is 2.86. The molecule has 0 spiro atoms. The molecule has 3 rings (SSSR count). The van der Waals surface area contributed by atoms with Crippen LogP contribution < -0.4 is 5.19 Å². The molecule has 0 unspecified atom stereocenters. The molecular weight excluding hydrogens is 436 g/mol. The van der Waals surface area contributed by atoms with Crippen molar-refractivity contribution in [1.29, 1.82) is 0 Å². The Morgan fingerprint density at radius 2 is 1.24 bits per heavy atom. The molecule has 0 aliphatic carbocycles. The van der Waals surface area contributed by atoms with Crippen molar-refractivity contribution >= 4 is 38.1 Å². The SMILES string of the molecule is COC(=O)c1cccc(/C(=C(\c2ccccc2)[Si](C)(C)C)c2ccccc2[Si](C)(C)C)c1C. The van der Waals surface area contributed by atoms with E-state index in [-0.39, 0.29) is 5.97 Å². The zero-order valence-corrected chi connectivity index (χ0v) is 23.2. The average Bonchev–Trinajstić information content (AvgIpc) is 2.76. The Labute approximate surface area is 201 Å². The van der Waals surface area contributed by atoms with E-state index in [2.05, 4.69) is 99.9 Å². The maximum atomic E-state index is 12.6. The molecule has 3 aromatic carbocycles. The zero-order valence-electron chi connectivity index (χ0n) is 21.2. The quantitative estimate of drug-likeness (QED) is 0.216. The smallest absolute Gasteiger partial charge is 0.338 e. The maximum Gasteiger partial charge on any atom is 0.338 e. The van der Waals surface area contributed by atoms with Crippen LogP contribution in [0.1, 0.15) is 32.6 Å². The van der Waals surface area contributed by atoms with Crippen molar-refractivity contribution in [2.24, 2.45) is 0 Å². The summed E-state index contributed by atoms with van der Waals surface area (Å²) in [4.78, 5) is 12.6. The number of rotatable bonds is 6. The molecule has 0 aliphatic heterocycles. The summed E-state index contributed by atoms with van der Waals surface area (Å²) in [6.45, 7) is 16.5. The van der Waals surface area contributed by atoms with Crippen molar-refractivity contribution in [3.63, 3.8) is 0 Å². The van der Waals surface area contributed by atoms with E-state index in [4.69, 9.17) is 4.74 Å². The molecule has 0 radical (unpaired) electrons. The predicted molar refractivity (Wildman–Crippen MR) is 148 cm³/mol. The number of esters is 1. The van der Waals surface area contributed by atoms with Gasteiger partial charge in [-0.25, -0.2) is 4.79 Å². The number of hydrogen-bond donors (Lipinski definition) is 0. The third-order valence-electron chi connectivity index (χ3n) is 6.08. The van der Waals surface area contributed by atoms with E-state index in [0.29, 0.717) is 5.56 Å². The summed E-state index contributed by atoms with van der Waals surface area (Å²) in [7, 11) is -2.04. The molecular formula is C29H36O2Si2. The molecule has 0 bridgehead atoms. The highest BCUT2D eigenvalue weighted by Gasteiger charge is 2.30. The number of methoxy groups -OCH3 is 1. The van der Waals surface area contributed by atoms with Crippen molar-refractivity contribution in [3.8, 4) is 0 Å². The van der Waals surface area contributed by atoms with Gasteiger partial charge < -0.3 is 4.74 Å². The molecule has 0 saturated carbocycles. The molecule has 33 heavy (non-hydrogen) atoms. The number of hydrogen-bond acceptors (Lipinski definition) is 2. The molecule has 0 heterocycles. The molecule has 0 amide bonds. The van der Waals surface area contributed by atoms with Crippen molar-refractivity contribution in [2.75, 3.05) is 7.11 Å². The monoisotopic (exact) mass is 472 g/mol. The second kappa shape index (κ2) is 9.66. The minimum absolute atomic E-state index is 0.290. The van der Waals surface area contributed by atoms with E-state index in [1.807, 2.05) is 19.1 Å². The van der Waals surface area contributed by atoms with E-state index >= 15 is 0 Å². The first-order valence-electron chi connectivity index (χ1n) is 11.5. The minimum atomic E-state index is -1.84. The van der Waals surface area contributed by atoms with Crippen LogP contribution in [0.3, 0.4) is 0 Å². The first kappa shape index (κ1) is 24.9. The summed E-state index contributed by atoms with van der Waals surface area (Å²) in [6, 6.07) is 25.7. The van der Waals surface area contributed by atoms with Crippen molar-refractivity contribution < 1.29 is 9.53 Å². The summed E-state index contributed by atoms with van der Waals surface area (Å²) in [6.07, 6.45) is 0. The fraction of sp³-hybridized carbons (Fsp3) is 0.276. The van der Waals surface area contributed by atoms with E-state index < -0.39 is 16.1 Å². The van der Waals surface area contributed by atoms with Crippen LogP contribution in [0, 0.1) is 6.92 Å². The van der Waals surface area contributed by atoms with Crippen LogP contribution in [0.5, 0.6) is 0 Å². The van der Waals surface area contributed by atoms with Crippen LogP contribution in [-0.4, -0.2) is 29.2 Å². The van der Waals surface area contributed by atoms with Crippen molar-refractivity contribution in [3.05, 3.63) is 101 Å². The van der Waals surface area contributed by atoms with Crippen molar-refractivity contribution in [2.45, 2.75) is 46.2 Å². The molecule has 4 heteroatoms. The lowest BCUT2D eigenvalue weighted by atomic mass is 9.90. The van der Waals surface area contributed by atoms with Gasteiger partial charge in [0.1, 0.15) is 0 Å². The Kier molecular flexibility index (Phi) is 7.30. The fourth-order valence-corrected chi connectivity index (χ4v) is 8.23. The first-order valence-corrected chi connectivity index (χ1v) is 18.5. The molecule has 0 saturated heterocycles. The second-order valence-electron chi connectivity index (χ2n) is 10.6. The number of ether oxygens (including phenoxy) is 1. The Balaban J connectivity index is 2.56. The third kappa shape index (κ3) is 5.28. The molecule has 0 fully saturated rings. The van der Waals surface area contributed by atoms with E-state index in [1.54, 1.807) is 0 Å². The average molecular weight is 473 g/mol. The normalized spacial score (nSPS) is 12.8. The lowest BCUT2D eigenvalue weighted by Crippen LogP contribution is -2.40.